The van der Waals surface area contributed by atoms with Crippen LogP contribution in [0.3, 0.4) is 0 Å². The fourth-order valence-electron chi connectivity index (χ4n) is 4.77. The minimum atomic E-state index is 0.401. The van der Waals surface area contributed by atoms with E-state index in [0.717, 1.165) is 37.1 Å². The minimum Gasteiger partial charge on any atom is -0.340 e. The third-order valence-electron chi connectivity index (χ3n) is 6.15. The van der Waals surface area contributed by atoms with Crippen molar-refractivity contribution in [3.8, 4) is 0 Å². The van der Waals surface area contributed by atoms with Gasteiger partial charge in [0, 0.05) is 19.0 Å². The number of piperidine rings is 1. The van der Waals surface area contributed by atoms with Crippen LogP contribution in [0.2, 0.25) is 0 Å². The molecule has 0 aromatic heterocycles. The average Bonchev–Trinajstić information content (AvgIpc) is 2.94. The molecule has 0 aromatic carbocycles. The number of nitrogens with zero attached hydrogens (tertiary/aromatic N) is 1. The molecule has 0 bridgehead atoms. The Labute approximate surface area is 123 Å². The molecule has 3 fully saturated rings. The van der Waals surface area contributed by atoms with Crippen LogP contribution in [0.25, 0.3) is 0 Å². The van der Waals surface area contributed by atoms with E-state index < -0.39 is 0 Å². The number of hydrogen-bond acceptors (Lipinski definition) is 2. The Bertz CT molecular complexity index is 330. The van der Waals surface area contributed by atoms with Crippen LogP contribution in [-0.2, 0) is 4.79 Å². The van der Waals surface area contributed by atoms with Crippen molar-refractivity contribution >= 4 is 5.91 Å². The summed E-state index contributed by atoms with van der Waals surface area (Å²) in [7, 11) is 0. The molecule has 20 heavy (non-hydrogen) atoms. The first kappa shape index (κ1) is 14.4. The van der Waals surface area contributed by atoms with Crippen molar-refractivity contribution in [2.45, 2.75) is 64.3 Å². The Morgan fingerprint density at radius 3 is 2.30 bits per heavy atom. The van der Waals surface area contributed by atoms with Crippen molar-refractivity contribution in [3.05, 3.63) is 0 Å². The molecule has 1 N–H and O–H groups in total. The maximum atomic E-state index is 11.9. The van der Waals surface area contributed by atoms with Gasteiger partial charge in [-0.05, 0) is 82.7 Å². The second-order valence-electron chi connectivity index (χ2n) is 7.19. The summed E-state index contributed by atoms with van der Waals surface area (Å²) in [5.41, 5.74) is 0. The SMILES string of the molecule is C[C@H](C1CCC(C2CCNCC2)CC1)N1CCCC1=O. The van der Waals surface area contributed by atoms with Gasteiger partial charge in [0.2, 0.25) is 5.91 Å². The maximum absolute atomic E-state index is 11.9. The molecule has 3 rings (SSSR count). The second kappa shape index (κ2) is 6.46. The van der Waals surface area contributed by atoms with Crippen LogP contribution in [0.15, 0.2) is 0 Å². The van der Waals surface area contributed by atoms with Gasteiger partial charge in [0.25, 0.3) is 0 Å². The third kappa shape index (κ3) is 3.03. The molecule has 3 aliphatic rings. The van der Waals surface area contributed by atoms with Crippen LogP contribution < -0.4 is 5.32 Å². The molecule has 1 amide bonds. The molecule has 1 saturated carbocycles. The highest BCUT2D eigenvalue weighted by atomic mass is 16.2. The van der Waals surface area contributed by atoms with E-state index in [0.29, 0.717) is 11.9 Å². The molecule has 0 spiro atoms. The summed E-state index contributed by atoms with van der Waals surface area (Å²) in [6, 6.07) is 0.485. The summed E-state index contributed by atoms with van der Waals surface area (Å²) in [5.74, 6) is 3.10. The Kier molecular flexibility index (Phi) is 4.65. The van der Waals surface area contributed by atoms with Crippen molar-refractivity contribution in [2.75, 3.05) is 19.6 Å². The molecule has 2 aliphatic heterocycles. The Hall–Kier alpha value is -0.570. The van der Waals surface area contributed by atoms with E-state index in [1.165, 1.54) is 51.6 Å². The van der Waals surface area contributed by atoms with E-state index >= 15 is 0 Å². The van der Waals surface area contributed by atoms with E-state index in [1.54, 1.807) is 0 Å². The number of rotatable bonds is 3. The summed E-state index contributed by atoms with van der Waals surface area (Å²) in [6.45, 7) is 5.75. The second-order valence-corrected chi connectivity index (χ2v) is 7.19. The molecule has 114 valence electrons. The molecule has 1 aliphatic carbocycles. The van der Waals surface area contributed by atoms with Crippen LogP contribution in [0.5, 0.6) is 0 Å². The number of carbonyl (C=O) groups is 1. The van der Waals surface area contributed by atoms with Gasteiger partial charge in [0.05, 0.1) is 0 Å². The predicted molar refractivity (Wildman–Crippen MR) is 81.5 cm³/mol. The number of amides is 1. The fraction of sp³-hybridized carbons (Fsp3) is 0.941. The molecule has 3 nitrogen and oxygen atoms in total. The topological polar surface area (TPSA) is 32.3 Å². The van der Waals surface area contributed by atoms with Crippen LogP contribution in [0, 0.1) is 17.8 Å². The van der Waals surface area contributed by atoms with E-state index in [2.05, 4.69) is 17.1 Å². The lowest BCUT2D eigenvalue weighted by Gasteiger charge is -2.40. The van der Waals surface area contributed by atoms with Gasteiger partial charge in [-0.2, -0.15) is 0 Å². The standard InChI is InChI=1S/C17H30N2O/c1-13(19-12-2-3-17(19)20)14-4-6-15(7-5-14)16-8-10-18-11-9-16/h13-16,18H,2-12H2,1H3/t13-,14?,15?/m1/s1. The van der Waals surface area contributed by atoms with Crippen molar-refractivity contribution < 1.29 is 4.79 Å². The summed E-state index contributed by atoms with van der Waals surface area (Å²) in [6.07, 6.45) is 10.1. The van der Waals surface area contributed by atoms with Crippen molar-refractivity contribution in [3.63, 3.8) is 0 Å². The number of carbonyl (C=O) groups excluding carboxylic acids is 1. The van der Waals surface area contributed by atoms with Crippen molar-refractivity contribution in [1.29, 1.82) is 0 Å². The van der Waals surface area contributed by atoms with E-state index in [4.69, 9.17) is 0 Å². The van der Waals surface area contributed by atoms with Crippen molar-refractivity contribution in [1.82, 2.24) is 10.2 Å². The lowest BCUT2D eigenvalue weighted by atomic mass is 9.71. The van der Waals surface area contributed by atoms with E-state index in [9.17, 15) is 4.79 Å². The molecular weight excluding hydrogens is 248 g/mol. The Morgan fingerprint density at radius 1 is 1.05 bits per heavy atom. The molecule has 0 aromatic rings. The fourth-order valence-corrected chi connectivity index (χ4v) is 4.77. The lowest BCUT2D eigenvalue weighted by Crippen LogP contribution is -2.41. The van der Waals surface area contributed by atoms with E-state index in [1.807, 2.05) is 0 Å². The van der Waals surface area contributed by atoms with Gasteiger partial charge in [0.1, 0.15) is 0 Å². The normalized spacial score (nSPS) is 34.5. The highest BCUT2D eigenvalue weighted by molar-refractivity contribution is 5.78. The molecular formula is C17H30N2O. The maximum Gasteiger partial charge on any atom is 0.222 e. The minimum absolute atomic E-state index is 0.401. The van der Waals surface area contributed by atoms with Crippen LogP contribution >= 0.6 is 0 Å². The van der Waals surface area contributed by atoms with Crippen molar-refractivity contribution in [2.24, 2.45) is 17.8 Å². The number of hydrogen-bond donors (Lipinski definition) is 1. The average molecular weight is 278 g/mol. The molecule has 0 unspecified atom stereocenters. The molecule has 2 heterocycles. The highest BCUT2D eigenvalue weighted by Crippen LogP contribution is 2.39. The van der Waals surface area contributed by atoms with Gasteiger partial charge >= 0.3 is 0 Å². The van der Waals surface area contributed by atoms with Gasteiger partial charge in [-0.15, -0.1) is 0 Å². The number of nitrogens with one attached hydrogen (secondary N) is 1. The van der Waals surface area contributed by atoms with Gasteiger partial charge in [-0.1, -0.05) is 0 Å². The zero-order valence-electron chi connectivity index (χ0n) is 12.9. The Morgan fingerprint density at radius 2 is 1.70 bits per heavy atom. The zero-order chi connectivity index (χ0) is 13.9. The van der Waals surface area contributed by atoms with Gasteiger partial charge in [-0.3, -0.25) is 4.79 Å². The first-order valence-corrected chi connectivity index (χ1v) is 8.76. The molecule has 1 atom stereocenters. The van der Waals surface area contributed by atoms with Crippen LogP contribution in [0.1, 0.15) is 58.3 Å². The highest BCUT2D eigenvalue weighted by Gasteiger charge is 2.34. The molecule has 2 saturated heterocycles. The largest absolute Gasteiger partial charge is 0.340 e. The quantitative estimate of drug-likeness (QED) is 0.861. The summed E-state index contributed by atoms with van der Waals surface area (Å²) >= 11 is 0. The summed E-state index contributed by atoms with van der Waals surface area (Å²) in [4.78, 5) is 14.1. The lowest BCUT2D eigenvalue weighted by molar-refractivity contribution is -0.130. The van der Waals surface area contributed by atoms with Crippen LogP contribution in [0.4, 0.5) is 0 Å². The monoisotopic (exact) mass is 278 g/mol. The smallest absolute Gasteiger partial charge is 0.222 e. The summed E-state index contributed by atoms with van der Waals surface area (Å²) in [5, 5.41) is 3.48. The number of likely N-dealkylation sites (tertiary alicyclic amines) is 1. The first-order valence-electron chi connectivity index (χ1n) is 8.76. The Balaban J connectivity index is 1.49. The molecule has 3 heteroatoms. The van der Waals surface area contributed by atoms with Crippen LogP contribution in [-0.4, -0.2) is 36.5 Å². The predicted octanol–water partition coefficient (Wildman–Crippen LogP) is 2.80. The first-order chi connectivity index (χ1) is 9.75. The van der Waals surface area contributed by atoms with E-state index in [-0.39, 0.29) is 0 Å². The molecule has 0 radical (unpaired) electrons. The third-order valence-corrected chi connectivity index (χ3v) is 6.15. The van der Waals surface area contributed by atoms with Gasteiger partial charge < -0.3 is 10.2 Å². The summed E-state index contributed by atoms with van der Waals surface area (Å²) < 4.78 is 0. The zero-order valence-corrected chi connectivity index (χ0v) is 12.9. The van der Waals surface area contributed by atoms with Gasteiger partial charge in [-0.25, -0.2) is 0 Å². The van der Waals surface area contributed by atoms with Gasteiger partial charge in [0.15, 0.2) is 0 Å².